The normalized spacial score (nSPS) is 11.8. The summed E-state index contributed by atoms with van der Waals surface area (Å²) in [5.74, 6) is -0.0853. The van der Waals surface area contributed by atoms with Gasteiger partial charge in [-0.1, -0.05) is 162 Å². The van der Waals surface area contributed by atoms with E-state index < -0.39 is 0 Å². The summed E-state index contributed by atoms with van der Waals surface area (Å²) in [6.45, 7) is 7.04. The first kappa shape index (κ1) is 35.4. The molecule has 0 saturated heterocycles. The van der Waals surface area contributed by atoms with Crippen molar-refractivity contribution < 1.29 is 14.6 Å². The zero-order valence-corrected chi connectivity index (χ0v) is 25.1. The number of rotatable bonds is 29. The maximum atomic E-state index is 12.1. The lowest BCUT2D eigenvalue weighted by Crippen LogP contribution is -2.32. The third-order valence-electron chi connectivity index (χ3n) is 7.92. The molecule has 0 unspecified atom stereocenters. The predicted molar refractivity (Wildman–Crippen MR) is 158 cm³/mol. The van der Waals surface area contributed by atoms with Crippen molar-refractivity contribution in [2.75, 3.05) is 13.2 Å². The van der Waals surface area contributed by atoms with Gasteiger partial charge in [0, 0.05) is 11.8 Å². The molecule has 0 rings (SSSR count). The van der Waals surface area contributed by atoms with Crippen molar-refractivity contribution in [1.82, 2.24) is 0 Å². The molecule has 0 fully saturated rings. The highest BCUT2D eigenvalue weighted by Gasteiger charge is 2.29. The zero-order chi connectivity index (χ0) is 26.6. The average Bonchev–Trinajstić information content (AvgIpc) is 2.88. The molecule has 0 saturated carbocycles. The fourth-order valence-electron chi connectivity index (χ4n) is 5.54. The second-order valence-corrected chi connectivity index (χ2v) is 11.6. The van der Waals surface area contributed by atoms with E-state index in [-0.39, 0.29) is 18.0 Å². The lowest BCUT2D eigenvalue weighted by Gasteiger charge is -2.30. The van der Waals surface area contributed by atoms with E-state index >= 15 is 0 Å². The highest BCUT2D eigenvalue weighted by Crippen LogP contribution is 2.30. The number of hydrogen-bond acceptors (Lipinski definition) is 3. The van der Waals surface area contributed by atoms with E-state index in [1.54, 1.807) is 0 Å². The van der Waals surface area contributed by atoms with Gasteiger partial charge in [0.05, 0.1) is 13.2 Å². The second-order valence-electron chi connectivity index (χ2n) is 11.6. The summed E-state index contributed by atoms with van der Waals surface area (Å²) >= 11 is 0. The molecule has 0 aromatic carbocycles. The molecule has 0 aromatic rings. The van der Waals surface area contributed by atoms with Crippen LogP contribution in [0, 0.1) is 5.41 Å². The van der Waals surface area contributed by atoms with E-state index in [4.69, 9.17) is 4.74 Å². The van der Waals surface area contributed by atoms with Gasteiger partial charge in [0.25, 0.3) is 0 Å². The summed E-state index contributed by atoms with van der Waals surface area (Å²) in [5, 5.41) is 9.82. The van der Waals surface area contributed by atoms with Crippen LogP contribution in [0.5, 0.6) is 0 Å². The number of esters is 1. The Hall–Kier alpha value is -0.570. The molecular weight excluding hydrogens is 444 g/mol. The number of aliphatic hydroxyl groups is 1. The van der Waals surface area contributed by atoms with E-state index in [0.717, 1.165) is 38.5 Å². The molecule has 0 atom stereocenters. The molecule has 3 heteroatoms. The Kier molecular flexibility index (Phi) is 27.0. The van der Waals surface area contributed by atoms with Crippen LogP contribution in [0.2, 0.25) is 0 Å². The minimum absolute atomic E-state index is 0.0853. The van der Waals surface area contributed by atoms with E-state index in [1.165, 1.54) is 122 Å². The largest absolute Gasteiger partial charge is 0.465 e. The summed E-state index contributed by atoms with van der Waals surface area (Å²) in [7, 11) is 0. The Morgan fingerprint density at radius 3 is 1.17 bits per heavy atom. The number of hydrogen-bond donors (Lipinski definition) is 1. The number of unbranched alkanes of at least 4 members (excludes halogenated alkanes) is 20. The van der Waals surface area contributed by atoms with Crippen LogP contribution in [0.3, 0.4) is 0 Å². The van der Waals surface area contributed by atoms with Crippen LogP contribution in [-0.2, 0) is 9.53 Å². The molecule has 0 amide bonds. The van der Waals surface area contributed by atoms with Gasteiger partial charge in [0.2, 0.25) is 0 Å². The topological polar surface area (TPSA) is 46.5 Å². The quantitative estimate of drug-likeness (QED) is 0.0803. The van der Waals surface area contributed by atoms with Crippen LogP contribution < -0.4 is 0 Å². The fourth-order valence-corrected chi connectivity index (χ4v) is 5.54. The highest BCUT2D eigenvalue weighted by atomic mass is 16.5. The maximum absolute atomic E-state index is 12.1. The van der Waals surface area contributed by atoms with Gasteiger partial charge in [-0.25, -0.2) is 0 Å². The predicted octanol–water partition coefficient (Wildman–Crippen LogP) is 10.7. The molecular formula is C33H66O3. The van der Waals surface area contributed by atoms with Crippen molar-refractivity contribution in [3.8, 4) is 0 Å². The summed E-state index contributed by atoms with van der Waals surface area (Å²) in [6.07, 6.45) is 33.2. The van der Waals surface area contributed by atoms with Crippen LogP contribution >= 0.6 is 0 Å². The van der Waals surface area contributed by atoms with Crippen LogP contribution in [0.25, 0.3) is 0 Å². The molecule has 0 radical (unpaired) electrons. The Balaban J connectivity index is 3.37. The first-order chi connectivity index (χ1) is 17.6. The number of carbonyl (C=O) groups is 1. The minimum Gasteiger partial charge on any atom is -0.465 e. The van der Waals surface area contributed by atoms with Crippen molar-refractivity contribution >= 4 is 5.97 Å². The summed E-state index contributed by atoms with van der Waals surface area (Å²) < 4.78 is 5.55. The van der Waals surface area contributed by atoms with E-state index in [9.17, 15) is 9.90 Å². The van der Waals surface area contributed by atoms with Gasteiger partial charge in [0.15, 0.2) is 0 Å². The van der Waals surface area contributed by atoms with E-state index in [2.05, 4.69) is 20.8 Å². The SMILES string of the molecule is CCCCCCCCCCCCCCCCCCCCCCCC(=O)OCC(CO)(CCC)CCC. The molecule has 0 bridgehead atoms. The smallest absolute Gasteiger partial charge is 0.305 e. The first-order valence-corrected chi connectivity index (χ1v) is 16.4. The number of aliphatic hydroxyl groups excluding tert-OH is 1. The molecule has 36 heavy (non-hydrogen) atoms. The Labute approximate surface area is 226 Å². The summed E-state index contributed by atoms with van der Waals surface area (Å²) in [4.78, 5) is 12.1. The van der Waals surface area contributed by atoms with Gasteiger partial charge in [-0.05, 0) is 19.3 Å². The molecule has 0 aromatic heterocycles. The number of ether oxygens (including phenoxy) is 1. The lowest BCUT2D eigenvalue weighted by atomic mass is 9.81. The van der Waals surface area contributed by atoms with Crippen molar-refractivity contribution in [3.63, 3.8) is 0 Å². The van der Waals surface area contributed by atoms with Crippen LogP contribution in [0.4, 0.5) is 0 Å². The van der Waals surface area contributed by atoms with Gasteiger partial charge in [-0.15, -0.1) is 0 Å². The second kappa shape index (κ2) is 27.5. The van der Waals surface area contributed by atoms with E-state index in [1.807, 2.05) is 0 Å². The molecule has 0 spiro atoms. The van der Waals surface area contributed by atoms with Gasteiger partial charge < -0.3 is 9.84 Å². The minimum atomic E-state index is -0.230. The maximum Gasteiger partial charge on any atom is 0.305 e. The van der Waals surface area contributed by atoms with Crippen LogP contribution in [0.1, 0.15) is 188 Å². The molecule has 1 N–H and O–H groups in total. The van der Waals surface area contributed by atoms with E-state index in [0.29, 0.717) is 13.0 Å². The average molecular weight is 511 g/mol. The van der Waals surface area contributed by atoms with Crippen molar-refractivity contribution in [2.24, 2.45) is 5.41 Å². The third kappa shape index (κ3) is 22.6. The zero-order valence-electron chi connectivity index (χ0n) is 25.1. The monoisotopic (exact) mass is 511 g/mol. The van der Waals surface area contributed by atoms with Gasteiger partial charge >= 0.3 is 5.97 Å². The van der Waals surface area contributed by atoms with Crippen molar-refractivity contribution in [2.45, 2.75) is 188 Å². The van der Waals surface area contributed by atoms with Crippen LogP contribution in [0.15, 0.2) is 0 Å². The number of carbonyl (C=O) groups excluding carboxylic acids is 1. The molecule has 0 aliphatic carbocycles. The standard InChI is InChI=1S/C33H66O3/c1-4-7-8-9-10-11-12-13-14-15-16-17-18-19-20-21-22-23-24-25-26-27-32(35)36-31-33(30-34,28-5-2)29-6-3/h34H,4-31H2,1-3H3. The Morgan fingerprint density at radius 2 is 0.861 bits per heavy atom. The first-order valence-electron chi connectivity index (χ1n) is 16.4. The lowest BCUT2D eigenvalue weighted by molar-refractivity contribution is -0.149. The van der Waals surface area contributed by atoms with Crippen LogP contribution in [-0.4, -0.2) is 24.3 Å². The summed E-state index contributed by atoms with van der Waals surface area (Å²) in [6, 6.07) is 0. The molecule has 0 aliphatic rings. The Morgan fingerprint density at radius 1 is 0.528 bits per heavy atom. The van der Waals surface area contributed by atoms with Crippen molar-refractivity contribution in [3.05, 3.63) is 0 Å². The van der Waals surface area contributed by atoms with Crippen molar-refractivity contribution in [1.29, 1.82) is 0 Å². The molecule has 216 valence electrons. The summed E-state index contributed by atoms with van der Waals surface area (Å²) in [5.41, 5.74) is -0.230. The highest BCUT2D eigenvalue weighted by molar-refractivity contribution is 5.69. The van der Waals surface area contributed by atoms with Gasteiger partial charge in [-0.2, -0.15) is 0 Å². The Bertz CT molecular complexity index is 442. The molecule has 3 nitrogen and oxygen atoms in total. The van der Waals surface area contributed by atoms with Gasteiger partial charge in [0.1, 0.15) is 0 Å². The van der Waals surface area contributed by atoms with Gasteiger partial charge in [-0.3, -0.25) is 4.79 Å². The fraction of sp³-hybridized carbons (Fsp3) is 0.970. The molecule has 0 heterocycles. The molecule has 0 aliphatic heterocycles. The third-order valence-corrected chi connectivity index (χ3v) is 7.92.